The van der Waals surface area contributed by atoms with E-state index < -0.39 is 0 Å². The largest absolute Gasteiger partial charge is 0.375 e. The summed E-state index contributed by atoms with van der Waals surface area (Å²) in [5.74, 6) is 1.74. The molecule has 34 heavy (non-hydrogen) atoms. The minimum atomic E-state index is -0.240. The molecule has 8 heteroatoms. The quantitative estimate of drug-likeness (QED) is 0.427. The zero-order valence-electron chi connectivity index (χ0n) is 19.2. The van der Waals surface area contributed by atoms with Gasteiger partial charge in [-0.25, -0.2) is 14.4 Å². The molecule has 0 amide bonds. The smallest absolute Gasteiger partial charge is 0.130 e. The second-order valence-corrected chi connectivity index (χ2v) is 8.82. The van der Waals surface area contributed by atoms with Gasteiger partial charge in [0, 0.05) is 19.6 Å². The summed E-state index contributed by atoms with van der Waals surface area (Å²) in [5, 5.41) is 8.57. The number of halogens is 1. The van der Waals surface area contributed by atoms with Gasteiger partial charge in [0.1, 0.15) is 23.3 Å². The molecule has 2 aliphatic rings. The molecule has 0 aliphatic carbocycles. The lowest BCUT2D eigenvalue weighted by atomic mass is 10.0. The summed E-state index contributed by atoms with van der Waals surface area (Å²) >= 11 is 0. The molecule has 2 saturated heterocycles. The second-order valence-electron chi connectivity index (χ2n) is 8.82. The van der Waals surface area contributed by atoms with Crippen LogP contribution in [-0.2, 0) is 4.74 Å². The number of morpholine rings is 1. The molecule has 1 aromatic carbocycles. The molecule has 2 aliphatic heterocycles. The summed E-state index contributed by atoms with van der Waals surface area (Å²) in [5.41, 5.74) is 2.56. The monoisotopic (exact) mass is 460 g/mol. The van der Waals surface area contributed by atoms with Gasteiger partial charge in [0.15, 0.2) is 0 Å². The normalized spacial score (nSPS) is 20.9. The van der Waals surface area contributed by atoms with E-state index in [2.05, 4.69) is 21.8 Å². The van der Waals surface area contributed by atoms with Gasteiger partial charge in [-0.05, 0) is 61.7 Å². The lowest BCUT2D eigenvalue weighted by molar-refractivity contribution is 0.0529. The fourth-order valence-electron chi connectivity index (χ4n) is 4.70. The van der Waals surface area contributed by atoms with Crippen molar-refractivity contribution >= 4 is 17.7 Å². The molecule has 0 spiro atoms. The number of amidine groups is 1. The Morgan fingerprint density at radius 1 is 1.24 bits per heavy atom. The van der Waals surface area contributed by atoms with Crippen LogP contribution in [0.1, 0.15) is 37.2 Å². The number of likely N-dealkylation sites (tertiary alicyclic amines) is 1. The van der Waals surface area contributed by atoms with Crippen molar-refractivity contribution in [3.05, 3.63) is 71.9 Å². The zero-order chi connectivity index (χ0) is 23.5. The van der Waals surface area contributed by atoms with Crippen LogP contribution >= 0.6 is 0 Å². The molecule has 2 aromatic heterocycles. The van der Waals surface area contributed by atoms with Crippen LogP contribution in [0.25, 0.3) is 17.5 Å². The van der Waals surface area contributed by atoms with E-state index >= 15 is 0 Å². The third-order valence-electron chi connectivity index (χ3n) is 6.37. The first kappa shape index (κ1) is 22.3. The van der Waals surface area contributed by atoms with Crippen LogP contribution in [0.5, 0.6) is 0 Å². The molecule has 0 saturated carbocycles. The number of benzene rings is 1. The van der Waals surface area contributed by atoms with E-state index in [-0.39, 0.29) is 18.0 Å². The number of H-pyrrole nitrogens is 1. The molecule has 2 atom stereocenters. The first-order valence-electron chi connectivity index (χ1n) is 11.7. The zero-order valence-corrected chi connectivity index (χ0v) is 19.2. The van der Waals surface area contributed by atoms with Crippen molar-refractivity contribution in [2.45, 2.75) is 31.9 Å². The molecule has 176 valence electrons. The summed E-state index contributed by atoms with van der Waals surface area (Å²) in [4.78, 5) is 16.8. The Labute approximate surface area is 198 Å². The maximum Gasteiger partial charge on any atom is 0.130 e. The van der Waals surface area contributed by atoms with Crippen molar-refractivity contribution in [2.24, 2.45) is 0 Å². The van der Waals surface area contributed by atoms with Gasteiger partial charge in [-0.2, -0.15) is 0 Å². The number of pyridine rings is 1. The van der Waals surface area contributed by atoms with E-state index in [9.17, 15) is 4.39 Å². The number of imidazole rings is 1. The molecule has 5 rings (SSSR count). The van der Waals surface area contributed by atoms with Gasteiger partial charge < -0.3 is 19.5 Å². The van der Waals surface area contributed by atoms with Gasteiger partial charge >= 0.3 is 0 Å². The number of hydrogen-bond acceptors (Lipinski definition) is 5. The number of aromatic amines is 1. The highest BCUT2D eigenvalue weighted by Gasteiger charge is 2.27. The predicted octanol–water partition coefficient (Wildman–Crippen LogP) is 4.66. The highest BCUT2D eigenvalue weighted by atomic mass is 19.1. The van der Waals surface area contributed by atoms with Crippen LogP contribution < -0.4 is 4.90 Å². The number of rotatable bonds is 5. The highest BCUT2D eigenvalue weighted by Crippen LogP contribution is 2.32. The number of nitrogens with zero attached hydrogens (tertiary/aromatic N) is 4. The Balaban J connectivity index is 1.27. The molecule has 2 fully saturated rings. The summed E-state index contributed by atoms with van der Waals surface area (Å²) in [6.45, 7) is 5.21. The Bertz CT molecular complexity index is 1190. The molecular weight excluding hydrogens is 431 g/mol. The third kappa shape index (κ3) is 4.87. The number of aromatic nitrogens is 3. The van der Waals surface area contributed by atoms with Crippen molar-refractivity contribution < 1.29 is 9.13 Å². The van der Waals surface area contributed by atoms with Crippen molar-refractivity contribution in [3.63, 3.8) is 0 Å². The number of hydrogen-bond donors (Lipinski definition) is 2. The Kier molecular flexibility index (Phi) is 6.40. The van der Waals surface area contributed by atoms with E-state index in [0.29, 0.717) is 18.3 Å². The van der Waals surface area contributed by atoms with E-state index in [1.54, 1.807) is 30.5 Å². The first-order chi connectivity index (χ1) is 16.6. The predicted molar refractivity (Wildman–Crippen MR) is 131 cm³/mol. The molecule has 1 unspecified atom stereocenters. The second kappa shape index (κ2) is 9.77. The van der Waals surface area contributed by atoms with Crippen molar-refractivity contribution in [1.29, 1.82) is 5.41 Å². The lowest BCUT2D eigenvalue weighted by Gasteiger charge is -2.32. The van der Waals surface area contributed by atoms with Crippen LogP contribution in [0.15, 0.2) is 54.7 Å². The SMILES string of the molecule is C[C@H]1CN(c2cccc(-c3cnc(/C=C\C(=N)N4CCCC4c4cccc(F)c4)[nH]3)n2)CCO1. The third-order valence-corrected chi connectivity index (χ3v) is 6.37. The van der Waals surface area contributed by atoms with E-state index in [4.69, 9.17) is 15.1 Å². The van der Waals surface area contributed by atoms with Gasteiger partial charge in [-0.15, -0.1) is 0 Å². The molecule has 2 N–H and O–H groups in total. The summed E-state index contributed by atoms with van der Waals surface area (Å²) in [6.07, 6.45) is 7.40. The molecule has 4 heterocycles. The minimum absolute atomic E-state index is 0.0230. The van der Waals surface area contributed by atoms with Gasteiger partial charge in [-0.1, -0.05) is 18.2 Å². The summed E-state index contributed by atoms with van der Waals surface area (Å²) in [7, 11) is 0. The molecule has 3 aromatic rings. The number of anilines is 1. The van der Waals surface area contributed by atoms with E-state index in [0.717, 1.165) is 55.2 Å². The summed E-state index contributed by atoms with van der Waals surface area (Å²) in [6, 6.07) is 12.7. The highest BCUT2D eigenvalue weighted by molar-refractivity contribution is 5.94. The standard InChI is InChI=1S/C26H29FN6O/c1-18-17-32(13-14-34-18)26-9-3-7-21(31-26)22-16-29-25(30-22)11-10-24(28)33-12-4-8-23(33)19-5-2-6-20(27)15-19/h2-3,5-7,9-11,15-16,18,23,28H,4,8,12-14,17H2,1H3,(H,29,30)/b11-10-,28-24?/t18-,23?/m0/s1. The lowest BCUT2D eigenvalue weighted by Crippen LogP contribution is -2.41. The topological polar surface area (TPSA) is 81.1 Å². The van der Waals surface area contributed by atoms with Gasteiger partial charge in [-0.3, -0.25) is 5.41 Å². The Morgan fingerprint density at radius 3 is 2.97 bits per heavy atom. The fourth-order valence-corrected chi connectivity index (χ4v) is 4.70. The van der Waals surface area contributed by atoms with Crippen molar-refractivity contribution in [3.8, 4) is 11.4 Å². The number of nitrogens with one attached hydrogen (secondary N) is 2. The Morgan fingerprint density at radius 2 is 2.12 bits per heavy atom. The average molecular weight is 461 g/mol. The van der Waals surface area contributed by atoms with Gasteiger partial charge in [0.05, 0.1) is 36.3 Å². The van der Waals surface area contributed by atoms with Crippen LogP contribution in [0.4, 0.5) is 10.2 Å². The van der Waals surface area contributed by atoms with Crippen LogP contribution in [0.3, 0.4) is 0 Å². The summed E-state index contributed by atoms with van der Waals surface area (Å²) < 4.78 is 19.3. The molecule has 0 radical (unpaired) electrons. The maximum absolute atomic E-state index is 13.7. The maximum atomic E-state index is 13.7. The van der Waals surface area contributed by atoms with Crippen molar-refractivity contribution in [2.75, 3.05) is 31.1 Å². The van der Waals surface area contributed by atoms with Gasteiger partial charge in [0.2, 0.25) is 0 Å². The van der Waals surface area contributed by atoms with Crippen molar-refractivity contribution in [1.82, 2.24) is 19.9 Å². The van der Waals surface area contributed by atoms with Crippen LogP contribution in [-0.4, -0.2) is 58.0 Å². The van der Waals surface area contributed by atoms with Crippen LogP contribution in [0.2, 0.25) is 0 Å². The number of ether oxygens (including phenoxy) is 1. The van der Waals surface area contributed by atoms with E-state index in [1.807, 2.05) is 29.2 Å². The molecule has 0 bridgehead atoms. The van der Waals surface area contributed by atoms with Crippen LogP contribution in [0, 0.1) is 11.2 Å². The Hall–Kier alpha value is -3.52. The molecule has 7 nitrogen and oxygen atoms in total. The minimum Gasteiger partial charge on any atom is -0.375 e. The molecular formula is C26H29FN6O. The van der Waals surface area contributed by atoms with Gasteiger partial charge in [0.25, 0.3) is 0 Å². The first-order valence-corrected chi connectivity index (χ1v) is 11.7. The average Bonchev–Trinajstić information content (AvgIpc) is 3.53. The van der Waals surface area contributed by atoms with E-state index in [1.165, 1.54) is 6.07 Å². The fraction of sp³-hybridized carbons (Fsp3) is 0.346.